The van der Waals surface area contributed by atoms with Crippen molar-refractivity contribution in [1.82, 2.24) is 20.3 Å². The minimum absolute atomic E-state index is 0.415. The molecule has 2 aromatic rings. The van der Waals surface area contributed by atoms with Gasteiger partial charge in [0.05, 0.1) is 18.4 Å². The second kappa shape index (κ2) is 6.81. The van der Waals surface area contributed by atoms with Crippen LogP contribution in [0.15, 0.2) is 30.5 Å². The lowest BCUT2D eigenvalue weighted by Crippen LogP contribution is -2.13. The number of carbonyl (C=O) groups is 1. The summed E-state index contributed by atoms with van der Waals surface area (Å²) >= 11 is 0. The van der Waals surface area contributed by atoms with Gasteiger partial charge in [0.1, 0.15) is 0 Å². The van der Waals surface area contributed by atoms with E-state index in [0.29, 0.717) is 12.1 Å². The van der Waals surface area contributed by atoms with Gasteiger partial charge in [-0.2, -0.15) is 0 Å². The van der Waals surface area contributed by atoms with Gasteiger partial charge >= 0.3 is 0 Å². The molecule has 20 heavy (non-hydrogen) atoms. The summed E-state index contributed by atoms with van der Waals surface area (Å²) in [6.45, 7) is 4.45. The fourth-order valence-corrected chi connectivity index (χ4v) is 1.85. The van der Waals surface area contributed by atoms with Crippen molar-refractivity contribution < 1.29 is 4.79 Å². The lowest BCUT2D eigenvalue weighted by Gasteiger charge is -2.02. The van der Waals surface area contributed by atoms with E-state index >= 15 is 0 Å². The van der Waals surface area contributed by atoms with Crippen LogP contribution in [0.3, 0.4) is 0 Å². The van der Waals surface area contributed by atoms with Crippen LogP contribution in [0.1, 0.15) is 35.0 Å². The third kappa shape index (κ3) is 3.89. The zero-order chi connectivity index (χ0) is 14.4. The zero-order valence-electron chi connectivity index (χ0n) is 11.5. The summed E-state index contributed by atoms with van der Waals surface area (Å²) < 4.78 is 1.78. The van der Waals surface area contributed by atoms with E-state index in [1.54, 1.807) is 16.8 Å². The van der Waals surface area contributed by atoms with E-state index in [9.17, 15) is 4.79 Å². The maximum atomic E-state index is 11.0. The second-order valence-corrected chi connectivity index (χ2v) is 4.65. The Morgan fingerprint density at radius 1 is 1.35 bits per heavy atom. The highest BCUT2D eigenvalue weighted by atomic mass is 16.1. The number of nitrogens with zero attached hydrogens (tertiary/aromatic N) is 3. The highest BCUT2D eigenvalue weighted by Gasteiger charge is 2.03. The maximum Gasteiger partial charge on any atom is 0.248 e. The van der Waals surface area contributed by atoms with Crippen molar-refractivity contribution in [3.63, 3.8) is 0 Å². The van der Waals surface area contributed by atoms with Crippen LogP contribution in [0, 0.1) is 0 Å². The first-order valence-corrected chi connectivity index (χ1v) is 6.67. The van der Waals surface area contributed by atoms with Crippen LogP contribution >= 0.6 is 0 Å². The van der Waals surface area contributed by atoms with Gasteiger partial charge in [-0.15, -0.1) is 5.10 Å². The molecule has 1 heterocycles. The van der Waals surface area contributed by atoms with Crippen LogP contribution in [-0.4, -0.2) is 27.4 Å². The molecule has 0 aliphatic rings. The molecule has 0 spiro atoms. The molecule has 0 saturated heterocycles. The van der Waals surface area contributed by atoms with E-state index in [2.05, 4.69) is 22.6 Å². The van der Waals surface area contributed by atoms with Gasteiger partial charge in [-0.1, -0.05) is 24.3 Å². The standard InChI is InChI=1S/C14H19N5O/c1-2-7-16-8-13-10-19(18-17-13)9-11-3-5-12(6-4-11)14(15)20/h3-6,10,16H,2,7-9H2,1H3,(H2,15,20). The lowest BCUT2D eigenvalue weighted by atomic mass is 10.1. The van der Waals surface area contributed by atoms with Crippen LogP contribution in [0.5, 0.6) is 0 Å². The van der Waals surface area contributed by atoms with Gasteiger partial charge in [-0.05, 0) is 30.7 Å². The quantitative estimate of drug-likeness (QED) is 0.735. The number of nitrogens with one attached hydrogen (secondary N) is 1. The van der Waals surface area contributed by atoms with Gasteiger partial charge in [0.15, 0.2) is 0 Å². The van der Waals surface area contributed by atoms with Gasteiger partial charge in [0, 0.05) is 12.1 Å². The lowest BCUT2D eigenvalue weighted by molar-refractivity contribution is 0.100. The Hall–Kier alpha value is -2.21. The van der Waals surface area contributed by atoms with Gasteiger partial charge < -0.3 is 11.1 Å². The summed E-state index contributed by atoms with van der Waals surface area (Å²) in [5.41, 5.74) is 7.69. The third-order valence-corrected chi connectivity index (χ3v) is 2.90. The van der Waals surface area contributed by atoms with Crippen LogP contribution < -0.4 is 11.1 Å². The Bertz CT molecular complexity index is 561. The number of carbonyl (C=O) groups excluding carboxylic acids is 1. The minimum atomic E-state index is -0.415. The average molecular weight is 273 g/mol. The van der Waals surface area contributed by atoms with Crippen molar-refractivity contribution >= 4 is 5.91 Å². The molecule has 0 saturated carbocycles. The molecule has 1 aromatic carbocycles. The minimum Gasteiger partial charge on any atom is -0.366 e. The van der Waals surface area contributed by atoms with Crippen LogP contribution in [-0.2, 0) is 13.1 Å². The molecular formula is C14H19N5O. The summed E-state index contributed by atoms with van der Waals surface area (Å²) in [7, 11) is 0. The van der Waals surface area contributed by atoms with Crippen molar-refractivity contribution in [3.05, 3.63) is 47.3 Å². The Kier molecular flexibility index (Phi) is 4.84. The van der Waals surface area contributed by atoms with Crippen molar-refractivity contribution in [2.45, 2.75) is 26.4 Å². The fourth-order valence-electron chi connectivity index (χ4n) is 1.85. The van der Waals surface area contributed by atoms with Crippen LogP contribution in [0.4, 0.5) is 0 Å². The number of hydrogen-bond donors (Lipinski definition) is 2. The predicted octanol–water partition coefficient (Wildman–Crippen LogP) is 0.925. The molecule has 0 aliphatic heterocycles. The number of primary amides is 1. The number of amides is 1. The number of aromatic nitrogens is 3. The molecule has 0 bridgehead atoms. The zero-order valence-corrected chi connectivity index (χ0v) is 11.5. The molecule has 106 valence electrons. The molecule has 6 nitrogen and oxygen atoms in total. The summed E-state index contributed by atoms with van der Waals surface area (Å²) in [5.74, 6) is -0.415. The van der Waals surface area contributed by atoms with Gasteiger partial charge in [-0.3, -0.25) is 4.79 Å². The Morgan fingerprint density at radius 3 is 2.75 bits per heavy atom. The third-order valence-electron chi connectivity index (χ3n) is 2.90. The monoisotopic (exact) mass is 273 g/mol. The Labute approximate surface area is 118 Å². The highest BCUT2D eigenvalue weighted by molar-refractivity contribution is 5.92. The number of nitrogens with two attached hydrogens (primary N) is 1. The van der Waals surface area contributed by atoms with E-state index in [-0.39, 0.29) is 0 Å². The van der Waals surface area contributed by atoms with Gasteiger partial charge in [0.2, 0.25) is 5.91 Å². The van der Waals surface area contributed by atoms with Gasteiger partial charge in [0.25, 0.3) is 0 Å². The van der Waals surface area contributed by atoms with E-state index in [1.165, 1.54) is 0 Å². The van der Waals surface area contributed by atoms with E-state index in [0.717, 1.165) is 30.8 Å². The number of benzene rings is 1. The summed E-state index contributed by atoms with van der Waals surface area (Å²) in [6, 6.07) is 7.18. The van der Waals surface area contributed by atoms with Gasteiger partial charge in [-0.25, -0.2) is 4.68 Å². The molecule has 0 atom stereocenters. The Balaban J connectivity index is 1.94. The van der Waals surface area contributed by atoms with Crippen LogP contribution in [0.2, 0.25) is 0 Å². The smallest absolute Gasteiger partial charge is 0.248 e. The molecule has 1 amide bonds. The summed E-state index contributed by atoms with van der Waals surface area (Å²) in [5, 5.41) is 11.5. The van der Waals surface area contributed by atoms with E-state index in [1.807, 2.05) is 18.3 Å². The fraction of sp³-hybridized carbons (Fsp3) is 0.357. The largest absolute Gasteiger partial charge is 0.366 e. The van der Waals surface area contributed by atoms with Crippen LogP contribution in [0.25, 0.3) is 0 Å². The first-order chi connectivity index (χ1) is 9.69. The van der Waals surface area contributed by atoms with Crippen molar-refractivity contribution in [1.29, 1.82) is 0 Å². The first kappa shape index (κ1) is 14.2. The molecule has 6 heteroatoms. The first-order valence-electron chi connectivity index (χ1n) is 6.67. The molecule has 3 N–H and O–H groups in total. The molecule has 1 aromatic heterocycles. The average Bonchev–Trinajstić information content (AvgIpc) is 2.87. The van der Waals surface area contributed by atoms with Crippen molar-refractivity contribution in [2.24, 2.45) is 5.73 Å². The summed E-state index contributed by atoms with van der Waals surface area (Å²) in [4.78, 5) is 11.0. The summed E-state index contributed by atoms with van der Waals surface area (Å²) in [6.07, 6.45) is 3.02. The number of rotatable bonds is 7. The van der Waals surface area contributed by atoms with E-state index < -0.39 is 5.91 Å². The second-order valence-electron chi connectivity index (χ2n) is 4.65. The molecule has 0 fully saturated rings. The predicted molar refractivity (Wildman–Crippen MR) is 76.1 cm³/mol. The van der Waals surface area contributed by atoms with Crippen molar-refractivity contribution in [2.75, 3.05) is 6.54 Å². The Morgan fingerprint density at radius 2 is 2.10 bits per heavy atom. The normalized spacial score (nSPS) is 10.7. The molecular weight excluding hydrogens is 254 g/mol. The SMILES string of the molecule is CCCNCc1cn(Cc2ccc(C(N)=O)cc2)nn1. The molecule has 2 rings (SSSR count). The van der Waals surface area contributed by atoms with E-state index in [4.69, 9.17) is 5.73 Å². The molecule has 0 radical (unpaired) electrons. The molecule has 0 unspecified atom stereocenters. The topological polar surface area (TPSA) is 85.8 Å². The highest BCUT2D eigenvalue weighted by Crippen LogP contribution is 2.06. The molecule has 0 aliphatic carbocycles. The van der Waals surface area contributed by atoms with Crippen molar-refractivity contribution in [3.8, 4) is 0 Å². The number of hydrogen-bond acceptors (Lipinski definition) is 4. The maximum absolute atomic E-state index is 11.0.